The highest BCUT2D eigenvalue weighted by molar-refractivity contribution is 7.67. The van der Waals surface area contributed by atoms with Crippen LogP contribution in [0.3, 0.4) is 0 Å². The van der Waals surface area contributed by atoms with Crippen molar-refractivity contribution < 1.29 is 4.79 Å². The van der Waals surface area contributed by atoms with Crippen molar-refractivity contribution in [3.8, 4) is 11.1 Å². The van der Waals surface area contributed by atoms with E-state index < -0.39 is 0 Å². The smallest absolute Gasteiger partial charge is 0.251 e. The largest absolute Gasteiger partial charge is 0.355 e. The number of benzene rings is 2. The molecular weight excluding hydrogens is 373 g/mol. The second-order valence-corrected chi connectivity index (χ2v) is 11.4. The van der Waals surface area contributed by atoms with E-state index in [1.54, 1.807) is 12.4 Å². The summed E-state index contributed by atoms with van der Waals surface area (Å²) in [7, 11) is 1.55. The number of amides is 1. The first kappa shape index (κ1) is 20.6. The molecule has 0 bridgehead atoms. The molecule has 1 N–H and O–H groups in total. The molecule has 2 saturated carbocycles. The van der Waals surface area contributed by atoms with Crippen LogP contribution in [0.2, 0.25) is 0 Å². The first-order valence-corrected chi connectivity index (χ1v) is 13.0. The predicted molar refractivity (Wildman–Crippen MR) is 126 cm³/mol. The van der Waals surface area contributed by atoms with Crippen LogP contribution in [-0.2, 0) is 0 Å². The summed E-state index contributed by atoms with van der Waals surface area (Å²) in [5, 5.41) is 4.34. The van der Waals surface area contributed by atoms with E-state index in [1.165, 1.54) is 75.3 Å². The lowest BCUT2D eigenvalue weighted by Crippen LogP contribution is -2.27. The molecule has 0 aliphatic heterocycles. The average molecular weight is 408 g/mol. The topological polar surface area (TPSA) is 29.1 Å². The number of carbonyl (C=O) groups is 1. The highest BCUT2D eigenvalue weighted by Crippen LogP contribution is 2.56. The predicted octanol–water partition coefficient (Wildman–Crippen LogP) is 6.49. The Balaban J connectivity index is 1.70. The highest BCUT2D eigenvalue weighted by atomic mass is 31.1. The molecule has 3 heteroatoms. The molecule has 2 aliphatic carbocycles. The van der Waals surface area contributed by atoms with Crippen molar-refractivity contribution in [2.45, 2.75) is 75.5 Å². The maximum absolute atomic E-state index is 11.9. The van der Waals surface area contributed by atoms with Gasteiger partial charge in [-0.3, -0.25) is 4.79 Å². The zero-order valence-electron chi connectivity index (χ0n) is 17.7. The van der Waals surface area contributed by atoms with E-state index in [1.807, 2.05) is 12.1 Å². The molecule has 2 aromatic carbocycles. The molecule has 154 valence electrons. The third-order valence-electron chi connectivity index (χ3n) is 6.80. The molecule has 0 heterocycles. The van der Waals surface area contributed by atoms with Crippen molar-refractivity contribution >= 4 is 19.1 Å². The summed E-state index contributed by atoms with van der Waals surface area (Å²) in [6.07, 6.45) is 14.2. The second kappa shape index (κ2) is 9.90. The van der Waals surface area contributed by atoms with Gasteiger partial charge in [-0.2, -0.15) is 0 Å². The first-order chi connectivity index (χ1) is 14.3. The van der Waals surface area contributed by atoms with Crippen LogP contribution in [-0.4, -0.2) is 24.3 Å². The van der Waals surface area contributed by atoms with Crippen LogP contribution in [0.1, 0.15) is 74.6 Å². The van der Waals surface area contributed by atoms with E-state index in [-0.39, 0.29) is 13.8 Å². The van der Waals surface area contributed by atoms with Gasteiger partial charge >= 0.3 is 0 Å². The van der Waals surface area contributed by atoms with E-state index in [9.17, 15) is 4.79 Å². The third-order valence-corrected chi connectivity index (χ3v) is 10.4. The highest BCUT2D eigenvalue weighted by Gasteiger charge is 2.33. The van der Waals surface area contributed by atoms with E-state index in [0.29, 0.717) is 0 Å². The molecule has 1 amide bonds. The van der Waals surface area contributed by atoms with Gasteiger partial charge in [0.2, 0.25) is 0 Å². The average Bonchev–Trinajstić information content (AvgIpc) is 2.81. The molecule has 0 radical (unpaired) electrons. The van der Waals surface area contributed by atoms with Gasteiger partial charge in [0.1, 0.15) is 0 Å². The van der Waals surface area contributed by atoms with Gasteiger partial charge in [0, 0.05) is 12.6 Å². The lowest BCUT2D eigenvalue weighted by atomic mass is 9.99. The molecule has 0 aromatic heterocycles. The summed E-state index contributed by atoms with van der Waals surface area (Å²) in [5.41, 5.74) is 5.18. The Morgan fingerprint density at radius 3 is 1.90 bits per heavy atom. The molecule has 2 aromatic rings. The Hall–Kier alpha value is -1.66. The van der Waals surface area contributed by atoms with Crippen molar-refractivity contribution in [1.29, 1.82) is 0 Å². The van der Waals surface area contributed by atoms with Gasteiger partial charge in [-0.15, -0.1) is 0 Å². The Kier molecular flexibility index (Phi) is 7.03. The maximum atomic E-state index is 11.9. The van der Waals surface area contributed by atoms with Crippen LogP contribution < -0.4 is 10.6 Å². The zero-order chi connectivity index (χ0) is 20.1. The van der Waals surface area contributed by atoms with Crippen LogP contribution in [0, 0.1) is 0 Å². The van der Waals surface area contributed by atoms with E-state index in [4.69, 9.17) is 0 Å². The molecule has 0 spiro atoms. The molecule has 2 aliphatic rings. The van der Waals surface area contributed by atoms with E-state index in [2.05, 4.69) is 41.7 Å². The van der Waals surface area contributed by atoms with Crippen molar-refractivity contribution in [3.63, 3.8) is 0 Å². The lowest BCUT2D eigenvalue weighted by molar-refractivity contribution is 0.0963. The fraction of sp³-hybridized carbons (Fsp3) is 0.500. The van der Waals surface area contributed by atoms with Crippen molar-refractivity contribution in [2.24, 2.45) is 0 Å². The molecule has 0 saturated heterocycles. The molecule has 2 fully saturated rings. The van der Waals surface area contributed by atoms with Crippen LogP contribution >= 0.6 is 7.92 Å². The minimum Gasteiger partial charge on any atom is -0.355 e. The summed E-state index contributed by atoms with van der Waals surface area (Å²) in [6.45, 7) is 0. The molecule has 0 unspecified atom stereocenters. The molecule has 2 nitrogen and oxygen atoms in total. The fourth-order valence-corrected chi connectivity index (χ4v) is 9.26. The van der Waals surface area contributed by atoms with Crippen LogP contribution in [0.15, 0.2) is 48.5 Å². The Morgan fingerprint density at radius 2 is 1.34 bits per heavy atom. The quantitative estimate of drug-likeness (QED) is 0.564. The van der Waals surface area contributed by atoms with Crippen molar-refractivity contribution in [3.05, 3.63) is 54.1 Å². The normalized spacial score (nSPS) is 18.7. The van der Waals surface area contributed by atoms with Gasteiger partial charge in [-0.25, -0.2) is 0 Å². The van der Waals surface area contributed by atoms with Crippen LogP contribution in [0.4, 0.5) is 0 Å². The van der Waals surface area contributed by atoms with Crippen molar-refractivity contribution in [1.82, 2.24) is 5.32 Å². The van der Waals surface area contributed by atoms with Gasteiger partial charge < -0.3 is 5.32 Å². The van der Waals surface area contributed by atoms with Crippen molar-refractivity contribution in [2.75, 3.05) is 7.05 Å². The van der Waals surface area contributed by atoms with E-state index >= 15 is 0 Å². The van der Waals surface area contributed by atoms with Gasteiger partial charge in [0.15, 0.2) is 0 Å². The fourth-order valence-electron chi connectivity index (χ4n) is 5.30. The van der Waals surface area contributed by atoms with Gasteiger partial charge in [0.05, 0.1) is 0 Å². The Morgan fingerprint density at radius 1 is 0.793 bits per heavy atom. The van der Waals surface area contributed by atoms with Gasteiger partial charge in [0.25, 0.3) is 5.91 Å². The number of hydrogen-bond donors (Lipinski definition) is 1. The number of rotatable bonds is 5. The monoisotopic (exact) mass is 407 g/mol. The Labute approximate surface area is 177 Å². The summed E-state index contributed by atoms with van der Waals surface area (Å²) in [4.78, 5) is 11.9. The maximum Gasteiger partial charge on any atom is 0.251 e. The minimum atomic E-state index is -0.139. The van der Waals surface area contributed by atoms with E-state index in [0.717, 1.165) is 16.9 Å². The molecule has 0 atom stereocenters. The van der Waals surface area contributed by atoms with Crippen LogP contribution in [0.25, 0.3) is 11.1 Å². The lowest BCUT2D eigenvalue weighted by Gasteiger charge is -2.39. The molecule has 29 heavy (non-hydrogen) atoms. The zero-order valence-corrected chi connectivity index (χ0v) is 18.6. The summed E-state index contributed by atoms with van der Waals surface area (Å²) < 4.78 is 0. The first-order valence-electron chi connectivity index (χ1n) is 11.5. The summed E-state index contributed by atoms with van der Waals surface area (Å²) >= 11 is 0. The standard InChI is InChI=1S/C26H34NOP/c1-27-26(28)21-18-16-20(17-19-21)24-14-8-9-15-25(24)29(22-10-4-2-5-11-22)23-12-6-3-7-13-23/h8-9,14-19,22-23H,2-7,10-13H2,1H3,(H,27,28). The summed E-state index contributed by atoms with van der Waals surface area (Å²) in [5.74, 6) is -0.0171. The van der Waals surface area contributed by atoms with Gasteiger partial charge in [-0.1, -0.05) is 82.8 Å². The third kappa shape index (κ3) is 4.75. The molecule has 4 rings (SSSR count). The number of hydrogen-bond acceptors (Lipinski definition) is 1. The number of carbonyl (C=O) groups excluding carboxylic acids is 1. The van der Waals surface area contributed by atoms with Crippen LogP contribution in [0.5, 0.6) is 0 Å². The SMILES string of the molecule is CNC(=O)c1ccc(-c2ccccc2P(C2CCCCC2)C2CCCCC2)cc1. The second-order valence-electron chi connectivity index (χ2n) is 8.66. The Bertz CT molecular complexity index is 786. The van der Waals surface area contributed by atoms with Gasteiger partial charge in [-0.05, 0) is 65.6 Å². The minimum absolute atomic E-state index is 0.0171. The molecular formula is C26H34NOP. The summed E-state index contributed by atoms with van der Waals surface area (Å²) in [6, 6.07) is 17.4. The number of nitrogens with one attached hydrogen (secondary N) is 1.